The van der Waals surface area contributed by atoms with E-state index in [9.17, 15) is 0 Å². The molecule has 0 amide bonds. The normalized spacial score (nSPS) is 7.69. The summed E-state index contributed by atoms with van der Waals surface area (Å²) in [5.74, 6) is 0. The maximum Gasteiger partial charge on any atom is 0 e. The Labute approximate surface area is 124 Å². The van der Waals surface area contributed by atoms with Gasteiger partial charge in [0.1, 0.15) is 0 Å². The molecule has 2 heteroatoms. The zero-order chi connectivity index (χ0) is 11.4. The van der Waals surface area contributed by atoms with Gasteiger partial charge in [0.05, 0.1) is 0 Å². The Kier molecular flexibility index (Phi) is 17.1. The monoisotopic (exact) mass is 370 g/mol. The van der Waals surface area contributed by atoms with Gasteiger partial charge < -0.3 is 30.3 Å². The molecule has 0 unspecified atom stereocenters. The molecule has 0 saturated carbocycles. The van der Waals surface area contributed by atoms with Gasteiger partial charge in [-0.05, 0) is 0 Å². The van der Waals surface area contributed by atoms with Crippen molar-refractivity contribution in [2.45, 2.75) is 26.7 Å². The van der Waals surface area contributed by atoms with Crippen molar-refractivity contribution < 1.29 is 17.1 Å². The molecular formula is C14H19FeI-6. The van der Waals surface area contributed by atoms with Crippen LogP contribution < -0.4 is 0 Å². The van der Waals surface area contributed by atoms with Crippen molar-refractivity contribution in [3.05, 3.63) is 58.2 Å². The zero-order valence-corrected chi connectivity index (χ0v) is 13.1. The maximum atomic E-state index is 2.28. The van der Waals surface area contributed by atoms with Gasteiger partial charge in [-0.1, -0.05) is 30.3 Å². The third-order valence-electron chi connectivity index (χ3n) is 1.68. The van der Waals surface area contributed by atoms with Crippen LogP contribution in [0, 0.1) is 3.57 Å². The van der Waals surface area contributed by atoms with Crippen molar-refractivity contribution in [3.8, 4) is 0 Å². The minimum atomic E-state index is 0. The van der Waals surface area contributed by atoms with Gasteiger partial charge in [-0.25, -0.2) is 12.1 Å². The maximum absolute atomic E-state index is 2.28. The van der Waals surface area contributed by atoms with Crippen LogP contribution in [-0.2, 0) is 17.1 Å². The molecule has 0 aliphatic rings. The van der Waals surface area contributed by atoms with Crippen LogP contribution in [0.4, 0.5) is 0 Å². The summed E-state index contributed by atoms with van der Waals surface area (Å²) in [4.78, 5) is 0. The van der Waals surface area contributed by atoms with Crippen molar-refractivity contribution in [2.24, 2.45) is 0 Å². The largest absolute Gasteiger partial charge is 0.748 e. The molecular weight excluding hydrogens is 351 g/mol. The number of unbranched alkanes of at least 4 members (excludes halogenated alkanes) is 1. The van der Waals surface area contributed by atoms with E-state index in [4.69, 9.17) is 0 Å². The van der Waals surface area contributed by atoms with Crippen LogP contribution in [0.5, 0.6) is 0 Å². The zero-order valence-electron chi connectivity index (χ0n) is 9.84. The summed E-state index contributed by atoms with van der Waals surface area (Å²) >= 11 is 2.28. The molecule has 0 atom stereocenters. The van der Waals surface area contributed by atoms with E-state index >= 15 is 0 Å². The smallest absolute Gasteiger partial charge is 0 e. The number of halogens is 1. The van der Waals surface area contributed by atoms with Gasteiger partial charge >= 0.3 is 0 Å². The fourth-order valence-electron chi connectivity index (χ4n) is 0.671. The molecule has 0 aliphatic carbocycles. The third kappa shape index (κ3) is 13.9. The topological polar surface area (TPSA) is 0 Å². The van der Waals surface area contributed by atoms with E-state index in [-0.39, 0.29) is 17.1 Å². The first kappa shape index (κ1) is 18.3. The molecule has 0 fully saturated rings. The van der Waals surface area contributed by atoms with E-state index in [1.807, 2.05) is 42.5 Å². The Morgan fingerprint density at radius 2 is 1.19 bits per heavy atom. The van der Waals surface area contributed by atoms with Crippen LogP contribution in [0.25, 0.3) is 0 Å². The molecule has 0 N–H and O–H groups in total. The average Bonchev–Trinajstić information content (AvgIpc) is 2.92. The summed E-state index contributed by atoms with van der Waals surface area (Å²) in [6, 6.07) is 18.2. The fourth-order valence-corrected chi connectivity index (χ4v) is 1.09. The summed E-state index contributed by atoms with van der Waals surface area (Å²) in [6.45, 7) is 4.36. The Morgan fingerprint density at radius 3 is 1.31 bits per heavy atom. The van der Waals surface area contributed by atoms with Crippen molar-refractivity contribution in [2.75, 3.05) is 0 Å². The van der Waals surface area contributed by atoms with Gasteiger partial charge in [0.25, 0.3) is 0 Å². The van der Waals surface area contributed by atoms with Crippen molar-refractivity contribution >= 4 is 22.6 Å². The predicted octanol–water partition coefficient (Wildman–Crippen LogP) is 5.22. The second-order valence-corrected chi connectivity index (χ2v) is 4.31. The number of hydrogen-bond acceptors (Lipinski definition) is 0. The van der Waals surface area contributed by atoms with E-state index in [1.54, 1.807) is 0 Å². The molecule has 96 valence electrons. The molecule has 0 heterocycles. The second kappa shape index (κ2) is 14.9. The van der Waals surface area contributed by atoms with Crippen LogP contribution in [0.3, 0.4) is 0 Å². The van der Waals surface area contributed by atoms with Gasteiger partial charge in [0, 0.05) is 17.1 Å². The molecule has 0 saturated heterocycles. The van der Waals surface area contributed by atoms with Crippen LogP contribution in [0.1, 0.15) is 26.7 Å². The first-order valence-corrected chi connectivity index (χ1v) is 6.43. The van der Waals surface area contributed by atoms with E-state index in [0.717, 1.165) is 0 Å². The van der Waals surface area contributed by atoms with Crippen LogP contribution in [0.2, 0.25) is 0 Å². The quantitative estimate of drug-likeness (QED) is 0.367. The summed E-state index contributed by atoms with van der Waals surface area (Å²) in [5.41, 5.74) is 0. The van der Waals surface area contributed by atoms with Crippen molar-refractivity contribution in [1.29, 1.82) is 0 Å². The Hall–Kier alpha value is -0.0505. The number of hydrogen-bond donors (Lipinski definition) is 0. The summed E-state index contributed by atoms with van der Waals surface area (Å²) in [6.07, 6.45) is 2.64. The van der Waals surface area contributed by atoms with E-state index in [2.05, 4.69) is 48.6 Å². The Balaban J connectivity index is 0. The van der Waals surface area contributed by atoms with E-state index in [0.29, 0.717) is 0 Å². The Bertz CT molecular complexity index is 252. The Morgan fingerprint density at radius 1 is 0.875 bits per heavy atom. The van der Waals surface area contributed by atoms with Gasteiger partial charge in [0.2, 0.25) is 0 Å². The molecule has 0 aromatic heterocycles. The minimum Gasteiger partial charge on any atom is -0.748 e. The predicted molar refractivity (Wildman–Crippen MR) is 77.4 cm³/mol. The minimum absolute atomic E-state index is 0. The fraction of sp³-hybridized carbons (Fsp3) is 0.286. The van der Waals surface area contributed by atoms with E-state index in [1.165, 1.54) is 16.4 Å². The summed E-state index contributed by atoms with van der Waals surface area (Å²) in [5, 5.41) is 0. The van der Waals surface area contributed by atoms with Crippen LogP contribution >= 0.6 is 22.6 Å². The molecule has 2 rings (SSSR count). The molecule has 0 spiro atoms. The molecule has 0 aliphatic heterocycles. The molecule has 0 radical (unpaired) electrons. The first-order chi connectivity index (χ1) is 7.31. The molecule has 2 aromatic rings. The van der Waals surface area contributed by atoms with Gasteiger partial charge in [-0.15, -0.1) is 22.6 Å². The third-order valence-corrected chi connectivity index (χ3v) is 2.40. The summed E-state index contributed by atoms with van der Waals surface area (Å²) in [7, 11) is 0. The average molecular weight is 370 g/mol. The van der Waals surface area contributed by atoms with Gasteiger partial charge in [-0.2, -0.15) is 12.1 Å². The summed E-state index contributed by atoms with van der Waals surface area (Å²) < 4.78 is 1.31. The van der Waals surface area contributed by atoms with Crippen molar-refractivity contribution in [3.63, 3.8) is 0 Å². The van der Waals surface area contributed by atoms with Crippen molar-refractivity contribution in [1.82, 2.24) is 0 Å². The molecule has 16 heavy (non-hydrogen) atoms. The number of rotatable bonds is 1. The van der Waals surface area contributed by atoms with Gasteiger partial charge in [0.15, 0.2) is 0 Å². The standard InChI is InChI=1S/C5H4I.C5H5.C4H10.Fe/c6-5-3-1-2-4-5;1-2-4-5-3-1;1-3-4-2;/h1-4H;1-5H;3-4H2,1-2H3;/q-1;-5;;. The van der Waals surface area contributed by atoms with Gasteiger partial charge in [-0.3, -0.25) is 0 Å². The SMILES string of the molecule is CCCC.I[c-]1cccc1.[Fe].[cH-]1[cH-][cH-][cH-][cH-]1. The van der Waals surface area contributed by atoms with E-state index < -0.39 is 0 Å². The second-order valence-electron chi connectivity index (χ2n) is 3.07. The first-order valence-electron chi connectivity index (χ1n) is 5.35. The van der Waals surface area contributed by atoms with Crippen LogP contribution in [0.15, 0.2) is 54.6 Å². The van der Waals surface area contributed by atoms with Crippen LogP contribution in [-0.4, -0.2) is 0 Å². The molecule has 2 aromatic carbocycles. The molecule has 0 nitrogen and oxygen atoms in total. The molecule has 0 bridgehead atoms.